The van der Waals surface area contributed by atoms with Gasteiger partial charge in [-0.25, -0.2) is 0 Å². The van der Waals surface area contributed by atoms with Crippen molar-refractivity contribution in [3.63, 3.8) is 0 Å². The third-order valence-electron chi connectivity index (χ3n) is 3.68. The molecule has 0 radical (unpaired) electrons. The molecule has 1 aromatic heterocycles. The Morgan fingerprint density at radius 1 is 1.39 bits per heavy atom. The van der Waals surface area contributed by atoms with Crippen molar-refractivity contribution < 1.29 is 14.3 Å². The van der Waals surface area contributed by atoms with E-state index in [-0.39, 0.29) is 18.4 Å². The largest absolute Gasteiger partial charge is 0.375 e. The van der Waals surface area contributed by atoms with Crippen molar-refractivity contribution >= 4 is 23.2 Å². The molecule has 23 heavy (non-hydrogen) atoms. The highest BCUT2D eigenvalue weighted by Gasteiger charge is 2.33. The molecule has 1 aliphatic heterocycles. The van der Waals surface area contributed by atoms with Crippen LogP contribution in [-0.2, 0) is 20.7 Å². The van der Waals surface area contributed by atoms with Crippen LogP contribution < -0.4 is 5.32 Å². The summed E-state index contributed by atoms with van der Waals surface area (Å²) >= 11 is 1.52. The van der Waals surface area contributed by atoms with Crippen LogP contribution in [0.15, 0.2) is 0 Å². The van der Waals surface area contributed by atoms with Crippen LogP contribution in [0.1, 0.15) is 10.0 Å². The summed E-state index contributed by atoms with van der Waals surface area (Å²) < 4.78 is 4.90. The van der Waals surface area contributed by atoms with Gasteiger partial charge in [-0.3, -0.25) is 9.59 Å². The number of amides is 2. The number of hydrogen-bond donors (Lipinski definition) is 1. The van der Waals surface area contributed by atoms with E-state index in [0.717, 1.165) is 16.6 Å². The third kappa shape index (κ3) is 4.95. The van der Waals surface area contributed by atoms with E-state index in [9.17, 15) is 9.59 Å². The molecule has 1 atom stereocenters. The van der Waals surface area contributed by atoms with Gasteiger partial charge in [0, 0.05) is 39.7 Å². The number of nitrogens with one attached hydrogen (secondary N) is 1. The van der Waals surface area contributed by atoms with Crippen molar-refractivity contribution in [2.45, 2.75) is 19.4 Å². The number of aromatic nitrogens is 2. The minimum Gasteiger partial charge on any atom is -0.375 e. The molecule has 0 spiro atoms. The molecule has 2 amide bonds. The quantitative estimate of drug-likeness (QED) is 0.736. The van der Waals surface area contributed by atoms with Gasteiger partial charge in [-0.2, -0.15) is 0 Å². The first-order valence-electron chi connectivity index (χ1n) is 7.55. The maximum Gasteiger partial charge on any atom is 0.249 e. The fourth-order valence-corrected chi connectivity index (χ4v) is 3.21. The van der Waals surface area contributed by atoms with Gasteiger partial charge in [0.1, 0.15) is 22.7 Å². The molecule has 2 heterocycles. The van der Waals surface area contributed by atoms with Crippen LogP contribution in [0.2, 0.25) is 0 Å². The Hall–Kier alpha value is -1.58. The van der Waals surface area contributed by atoms with Crippen LogP contribution in [0.5, 0.6) is 0 Å². The van der Waals surface area contributed by atoms with Gasteiger partial charge in [0.2, 0.25) is 11.8 Å². The number of ether oxygens (including phenoxy) is 1. The lowest BCUT2D eigenvalue weighted by atomic mass is 10.1. The average Bonchev–Trinajstić information content (AvgIpc) is 2.92. The lowest BCUT2D eigenvalue weighted by Gasteiger charge is -2.38. The molecule has 9 heteroatoms. The molecule has 0 bridgehead atoms. The molecule has 0 aromatic carbocycles. The Balaban J connectivity index is 1.89. The Kier molecular flexibility index (Phi) is 6.43. The van der Waals surface area contributed by atoms with Crippen LogP contribution in [0.25, 0.3) is 0 Å². The molecule has 0 unspecified atom stereocenters. The van der Waals surface area contributed by atoms with E-state index < -0.39 is 6.04 Å². The second-order valence-electron chi connectivity index (χ2n) is 5.55. The lowest BCUT2D eigenvalue weighted by molar-refractivity contribution is -0.146. The first kappa shape index (κ1) is 17.8. The summed E-state index contributed by atoms with van der Waals surface area (Å²) in [4.78, 5) is 28.2. The molecule has 1 aliphatic rings. The molecule has 8 nitrogen and oxygen atoms in total. The zero-order valence-electron chi connectivity index (χ0n) is 13.7. The van der Waals surface area contributed by atoms with Gasteiger partial charge < -0.3 is 19.9 Å². The summed E-state index contributed by atoms with van der Waals surface area (Å²) in [6.07, 6.45) is 0.645. The van der Waals surface area contributed by atoms with Crippen molar-refractivity contribution in [1.82, 2.24) is 25.3 Å². The second kappa shape index (κ2) is 8.32. The molecular formula is C14H23N5O3S. The van der Waals surface area contributed by atoms with Gasteiger partial charge in [0.15, 0.2) is 0 Å². The molecule has 2 rings (SSSR count). The van der Waals surface area contributed by atoms with E-state index >= 15 is 0 Å². The van der Waals surface area contributed by atoms with Crippen LogP contribution in [0, 0.1) is 6.92 Å². The van der Waals surface area contributed by atoms with Crippen LogP contribution in [-0.4, -0.2) is 84.8 Å². The van der Waals surface area contributed by atoms with E-state index in [0.29, 0.717) is 26.1 Å². The van der Waals surface area contributed by atoms with Gasteiger partial charge in [-0.15, -0.1) is 21.5 Å². The second-order valence-corrected chi connectivity index (χ2v) is 6.82. The number of methoxy groups -OCH3 is 1. The monoisotopic (exact) mass is 341 g/mol. The fraction of sp³-hybridized carbons (Fsp3) is 0.714. The number of piperazine rings is 1. The van der Waals surface area contributed by atoms with Crippen molar-refractivity contribution in [3.8, 4) is 0 Å². The highest BCUT2D eigenvalue weighted by atomic mass is 32.1. The van der Waals surface area contributed by atoms with Crippen molar-refractivity contribution in [2.75, 3.05) is 46.9 Å². The van der Waals surface area contributed by atoms with E-state index in [1.165, 1.54) is 18.4 Å². The van der Waals surface area contributed by atoms with E-state index in [4.69, 9.17) is 4.74 Å². The van der Waals surface area contributed by atoms with Crippen molar-refractivity contribution in [3.05, 3.63) is 10.0 Å². The van der Waals surface area contributed by atoms with Crippen molar-refractivity contribution in [2.24, 2.45) is 0 Å². The van der Waals surface area contributed by atoms with Gasteiger partial charge in [-0.05, 0) is 14.0 Å². The Morgan fingerprint density at radius 3 is 2.83 bits per heavy atom. The number of likely N-dealkylation sites (N-methyl/N-ethyl adjacent to an activating group) is 1. The summed E-state index contributed by atoms with van der Waals surface area (Å²) in [6, 6.07) is -0.479. The van der Waals surface area contributed by atoms with E-state index in [1.807, 2.05) is 14.0 Å². The predicted molar refractivity (Wildman–Crippen MR) is 86.2 cm³/mol. The standard InChI is InChI=1S/C14H23N5O3S/c1-10-16-17-12(23-10)4-5-15-14(21)11-8-18(2)6-7-19(11)13(20)9-22-3/h11H,4-9H2,1-3H3,(H,15,21)/t11-/m0/s1. The summed E-state index contributed by atoms with van der Waals surface area (Å²) in [6.45, 7) is 4.20. The number of rotatable bonds is 6. The van der Waals surface area contributed by atoms with Crippen molar-refractivity contribution in [1.29, 1.82) is 0 Å². The Morgan fingerprint density at radius 2 is 2.17 bits per heavy atom. The minimum absolute atomic E-state index is 0.00242. The summed E-state index contributed by atoms with van der Waals surface area (Å²) in [5.41, 5.74) is 0. The van der Waals surface area contributed by atoms with Gasteiger partial charge in [0.05, 0.1) is 0 Å². The number of aryl methyl sites for hydroxylation is 1. The summed E-state index contributed by atoms with van der Waals surface area (Å²) in [5.74, 6) is -0.289. The smallest absolute Gasteiger partial charge is 0.249 e. The fourth-order valence-electron chi connectivity index (χ4n) is 2.50. The van der Waals surface area contributed by atoms with E-state index in [2.05, 4.69) is 20.4 Å². The normalized spacial score (nSPS) is 18.9. The molecule has 0 aliphatic carbocycles. The van der Waals surface area contributed by atoms with Gasteiger partial charge in [-0.1, -0.05) is 0 Å². The number of carbonyl (C=O) groups is 2. The first-order chi connectivity index (χ1) is 11.0. The van der Waals surface area contributed by atoms with E-state index in [1.54, 1.807) is 4.90 Å². The maximum absolute atomic E-state index is 12.5. The molecule has 1 N–H and O–H groups in total. The lowest BCUT2D eigenvalue weighted by Crippen LogP contribution is -2.60. The molecule has 0 saturated carbocycles. The van der Waals surface area contributed by atoms with Crippen LogP contribution in [0.4, 0.5) is 0 Å². The molecule has 128 valence electrons. The zero-order chi connectivity index (χ0) is 16.8. The molecule has 1 fully saturated rings. The zero-order valence-corrected chi connectivity index (χ0v) is 14.6. The van der Waals surface area contributed by atoms with Gasteiger partial charge >= 0.3 is 0 Å². The average molecular weight is 341 g/mol. The molecule has 1 saturated heterocycles. The minimum atomic E-state index is -0.479. The van der Waals surface area contributed by atoms with Gasteiger partial charge in [0.25, 0.3) is 0 Å². The topological polar surface area (TPSA) is 87.7 Å². The highest BCUT2D eigenvalue weighted by molar-refractivity contribution is 7.11. The Labute approximate surface area is 139 Å². The predicted octanol–water partition coefficient (Wildman–Crippen LogP) is -0.706. The Bertz CT molecular complexity index is 550. The number of nitrogens with zero attached hydrogens (tertiary/aromatic N) is 4. The maximum atomic E-state index is 12.5. The summed E-state index contributed by atoms with van der Waals surface area (Å²) in [5, 5.41) is 12.7. The first-order valence-corrected chi connectivity index (χ1v) is 8.36. The third-order valence-corrected chi connectivity index (χ3v) is 4.58. The van der Waals surface area contributed by atoms with Crippen LogP contribution in [0.3, 0.4) is 0 Å². The highest BCUT2D eigenvalue weighted by Crippen LogP contribution is 2.10. The number of hydrogen-bond acceptors (Lipinski definition) is 7. The van der Waals surface area contributed by atoms with Crippen LogP contribution >= 0.6 is 11.3 Å². The number of carbonyl (C=O) groups excluding carboxylic acids is 2. The SMILES string of the molecule is COCC(=O)N1CCN(C)C[C@H]1C(=O)NCCc1nnc(C)s1. The molecular weight excluding hydrogens is 318 g/mol. The summed E-state index contributed by atoms with van der Waals surface area (Å²) in [7, 11) is 3.43. The molecule has 1 aromatic rings.